The number of carbonyl (C=O) groups excluding carboxylic acids is 3. The molecule has 0 radical (unpaired) electrons. The molecule has 2 amide bonds. The van der Waals surface area contributed by atoms with E-state index in [1.807, 2.05) is 32.9 Å². The highest BCUT2D eigenvalue weighted by Gasteiger charge is 2.61. The van der Waals surface area contributed by atoms with Crippen LogP contribution in [0.2, 0.25) is 0 Å². The van der Waals surface area contributed by atoms with Gasteiger partial charge in [0.05, 0.1) is 13.7 Å². The van der Waals surface area contributed by atoms with Crippen molar-refractivity contribution in [3.05, 3.63) is 76.3 Å². The molecule has 12 heteroatoms. The topological polar surface area (TPSA) is 152 Å². The molecule has 0 aliphatic carbocycles. The van der Waals surface area contributed by atoms with Crippen molar-refractivity contribution < 1.29 is 37.8 Å². The third-order valence-corrected chi connectivity index (χ3v) is 8.21. The summed E-state index contributed by atoms with van der Waals surface area (Å²) in [5.74, 6) is -2.41. The summed E-state index contributed by atoms with van der Waals surface area (Å²) >= 11 is 0. The SMILES string of the molecule is COC(=O)C(CO)NC(=O)c1nc2oc1C13c4cc(F)ccc4N[C@@H]1Oc1ccc(cc13)CC(C)C(=O)NC2C(C)C. The van der Waals surface area contributed by atoms with Gasteiger partial charge in [-0.2, -0.15) is 0 Å². The summed E-state index contributed by atoms with van der Waals surface area (Å²) in [7, 11) is 1.14. The summed E-state index contributed by atoms with van der Waals surface area (Å²) in [6.07, 6.45) is -0.417. The molecular weight excluding hydrogens is 547 g/mol. The summed E-state index contributed by atoms with van der Waals surface area (Å²) in [5, 5.41) is 18.6. The zero-order valence-corrected chi connectivity index (χ0v) is 23.5. The van der Waals surface area contributed by atoms with Gasteiger partial charge in [0.15, 0.2) is 23.7 Å². The second-order valence-electron chi connectivity index (χ2n) is 11.3. The number of nitrogens with zero attached hydrogens (tertiary/aromatic N) is 1. The van der Waals surface area contributed by atoms with E-state index >= 15 is 0 Å². The van der Waals surface area contributed by atoms with Gasteiger partial charge >= 0.3 is 5.97 Å². The molecule has 4 bridgehead atoms. The first-order valence-electron chi connectivity index (χ1n) is 13.8. The van der Waals surface area contributed by atoms with E-state index in [1.165, 1.54) is 12.1 Å². The quantitative estimate of drug-likeness (QED) is 0.335. The maximum Gasteiger partial charge on any atom is 0.330 e. The first-order chi connectivity index (χ1) is 20.1. The molecule has 3 aliphatic heterocycles. The average molecular weight is 579 g/mol. The molecule has 4 heterocycles. The Morgan fingerprint density at radius 1 is 1.21 bits per heavy atom. The Kier molecular flexibility index (Phi) is 6.68. The van der Waals surface area contributed by atoms with E-state index in [1.54, 1.807) is 12.1 Å². The fraction of sp³-hybridized carbons (Fsp3) is 0.400. The van der Waals surface area contributed by atoms with E-state index < -0.39 is 53.9 Å². The highest BCUT2D eigenvalue weighted by atomic mass is 19.1. The molecule has 2 aromatic carbocycles. The van der Waals surface area contributed by atoms with Gasteiger partial charge in [0.25, 0.3) is 5.91 Å². The van der Waals surface area contributed by atoms with Crippen LogP contribution in [0.1, 0.15) is 65.6 Å². The predicted molar refractivity (Wildman–Crippen MR) is 146 cm³/mol. The van der Waals surface area contributed by atoms with Gasteiger partial charge in [0, 0.05) is 22.7 Å². The lowest BCUT2D eigenvalue weighted by atomic mass is 9.72. The van der Waals surface area contributed by atoms with Crippen molar-refractivity contribution in [2.45, 2.75) is 50.9 Å². The van der Waals surface area contributed by atoms with Gasteiger partial charge in [0.2, 0.25) is 11.8 Å². The monoisotopic (exact) mass is 578 g/mol. The number of aliphatic hydroxyl groups excluding tert-OH is 1. The highest BCUT2D eigenvalue weighted by molar-refractivity contribution is 5.97. The number of anilines is 1. The van der Waals surface area contributed by atoms with Crippen LogP contribution in [0.3, 0.4) is 0 Å². The number of halogens is 1. The Bertz CT molecular complexity index is 1600. The molecule has 4 unspecified atom stereocenters. The van der Waals surface area contributed by atoms with E-state index in [0.717, 1.165) is 12.7 Å². The molecule has 0 saturated carbocycles. The zero-order valence-electron chi connectivity index (χ0n) is 23.5. The van der Waals surface area contributed by atoms with E-state index in [2.05, 4.69) is 20.9 Å². The van der Waals surface area contributed by atoms with Crippen LogP contribution in [0.4, 0.5) is 10.1 Å². The number of aromatic nitrogens is 1. The minimum atomic E-state index is -1.38. The van der Waals surface area contributed by atoms with E-state index in [0.29, 0.717) is 29.0 Å². The van der Waals surface area contributed by atoms with Crippen LogP contribution in [-0.4, -0.2) is 53.9 Å². The summed E-state index contributed by atoms with van der Waals surface area (Å²) in [6.45, 7) is 4.86. The van der Waals surface area contributed by atoms with Crippen molar-refractivity contribution in [1.82, 2.24) is 15.6 Å². The lowest BCUT2D eigenvalue weighted by molar-refractivity contribution is -0.143. The number of hydrogen-bond acceptors (Lipinski definition) is 9. The molecule has 0 saturated heterocycles. The minimum absolute atomic E-state index is 0.0443. The molecule has 220 valence electrons. The van der Waals surface area contributed by atoms with Crippen LogP contribution >= 0.6 is 0 Å². The smallest absolute Gasteiger partial charge is 0.330 e. The molecular formula is C30H31FN4O7. The molecule has 0 fully saturated rings. The van der Waals surface area contributed by atoms with Crippen molar-refractivity contribution in [2.75, 3.05) is 19.0 Å². The largest absolute Gasteiger partial charge is 0.469 e. The molecule has 3 aliphatic rings. The van der Waals surface area contributed by atoms with E-state index in [9.17, 15) is 23.9 Å². The predicted octanol–water partition coefficient (Wildman–Crippen LogP) is 2.56. The number of benzene rings is 2. The van der Waals surface area contributed by atoms with Gasteiger partial charge in [-0.15, -0.1) is 0 Å². The van der Waals surface area contributed by atoms with Gasteiger partial charge in [-0.1, -0.05) is 32.9 Å². The molecule has 11 nitrogen and oxygen atoms in total. The van der Waals surface area contributed by atoms with Gasteiger partial charge in [-0.05, 0) is 42.2 Å². The average Bonchev–Trinajstić information content (AvgIpc) is 3.62. The number of hydrogen-bond donors (Lipinski definition) is 4. The maximum atomic E-state index is 14.9. The van der Waals surface area contributed by atoms with Crippen LogP contribution in [0, 0.1) is 17.7 Å². The lowest BCUT2D eigenvalue weighted by Crippen LogP contribution is -2.46. The Hall–Kier alpha value is -4.45. The van der Waals surface area contributed by atoms with Crippen LogP contribution in [-0.2, 0) is 26.2 Å². The van der Waals surface area contributed by atoms with Crippen LogP contribution < -0.4 is 20.7 Å². The number of methoxy groups -OCH3 is 1. The minimum Gasteiger partial charge on any atom is -0.469 e. The van der Waals surface area contributed by atoms with Crippen LogP contribution in [0.25, 0.3) is 0 Å². The van der Waals surface area contributed by atoms with Gasteiger partial charge in [-0.3, -0.25) is 9.59 Å². The molecule has 1 spiro atoms. The van der Waals surface area contributed by atoms with Crippen molar-refractivity contribution in [2.24, 2.45) is 11.8 Å². The molecule has 4 N–H and O–H groups in total. The number of esters is 1. The van der Waals surface area contributed by atoms with Crippen molar-refractivity contribution >= 4 is 23.5 Å². The lowest BCUT2D eigenvalue weighted by Gasteiger charge is -2.28. The summed E-state index contributed by atoms with van der Waals surface area (Å²) in [4.78, 5) is 44.0. The van der Waals surface area contributed by atoms with Crippen LogP contribution in [0.15, 0.2) is 40.8 Å². The third kappa shape index (κ3) is 4.12. The van der Waals surface area contributed by atoms with E-state index in [-0.39, 0.29) is 29.2 Å². The fourth-order valence-corrected chi connectivity index (χ4v) is 6.06. The number of carbonyl (C=O) groups is 3. The standard InChI is InChI=1S/C30H31FN4O7/c1-13(2)22-27-35-23(26(38)32-20(12-36)28(39)40-4)24(42-27)30-17-11-16(31)6-7-19(17)33-29(30)41-21-8-5-15(10-18(21)30)9-14(3)25(37)34-22/h5-8,10-11,13-14,20,22,29,33,36H,9,12H2,1-4H3,(H,32,38)(H,34,37)/t14?,20?,22?,29-,30?/m1/s1. The molecule has 5 atom stereocenters. The third-order valence-electron chi connectivity index (χ3n) is 8.21. The first kappa shape index (κ1) is 27.7. The number of ether oxygens (including phenoxy) is 2. The Labute approximate surface area is 240 Å². The highest BCUT2D eigenvalue weighted by Crippen LogP contribution is 2.58. The number of rotatable bonds is 5. The Morgan fingerprint density at radius 2 is 2.00 bits per heavy atom. The zero-order chi connectivity index (χ0) is 29.9. The summed E-state index contributed by atoms with van der Waals surface area (Å²) in [6, 6.07) is 7.74. The number of oxazole rings is 1. The van der Waals surface area contributed by atoms with Crippen LogP contribution in [0.5, 0.6) is 5.75 Å². The summed E-state index contributed by atoms with van der Waals surface area (Å²) < 4.78 is 32.5. The number of amides is 2. The molecule has 42 heavy (non-hydrogen) atoms. The second-order valence-corrected chi connectivity index (χ2v) is 11.3. The maximum absolute atomic E-state index is 14.9. The Balaban J connectivity index is 1.65. The summed E-state index contributed by atoms with van der Waals surface area (Å²) in [5.41, 5.74) is 0.934. The molecule has 1 aromatic heterocycles. The van der Waals surface area contributed by atoms with Crippen molar-refractivity contribution in [3.63, 3.8) is 0 Å². The number of nitrogens with one attached hydrogen (secondary N) is 3. The number of aliphatic hydroxyl groups is 1. The molecule has 3 aromatic rings. The van der Waals surface area contributed by atoms with E-state index in [4.69, 9.17) is 13.9 Å². The van der Waals surface area contributed by atoms with Crippen molar-refractivity contribution in [1.29, 1.82) is 0 Å². The first-order valence-corrected chi connectivity index (χ1v) is 13.8. The van der Waals surface area contributed by atoms with Crippen molar-refractivity contribution in [3.8, 4) is 5.75 Å². The molecule has 6 rings (SSSR count). The fourth-order valence-electron chi connectivity index (χ4n) is 6.06. The number of fused-ring (bicyclic) bond motifs is 4. The Morgan fingerprint density at radius 3 is 2.71 bits per heavy atom. The second kappa shape index (κ2) is 10.1. The normalized spacial score (nSPS) is 24.3. The van der Waals surface area contributed by atoms with Gasteiger partial charge in [0.1, 0.15) is 23.0 Å². The van der Waals surface area contributed by atoms with Gasteiger partial charge in [-0.25, -0.2) is 14.2 Å². The van der Waals surface area contributed by atoms with Gasteiger partial charge < -0.3 is 34.9 Å².